The minimum absolute atomic E-state index is 0.0434. The van der Waals surface area contributed by atoms with Crippen LogP contribution in [0.15, 0.2) is 85.1 Å². The lowest BCUT2D eigenvalue weighted by Crippen LogP contribution is -2.48. The van der Waals surface area contributed by atoms with E-state index < -0.39 is 13.0 Å². The summed E-state index contributed by atoms with van der Waals surface area (Å²) in [5.41, 5.74) is 3.43. The summed E-state index contributed by atoms with van der Waals surface area (Å²) in [7, 11) is 3.50. The molecule has 49 heavy (non-hydrogen) atoms. The number of alkyl halides is 2. The third kappa shape index (κ3) is 7.96. The zero-order chi connectivity index (χ0) is 34.7. The van der Waals surface area contributed by atoms with Crippen molar-refractivity contribution in [2.75, 3.05) is 44.7 Å². The number of halogens is 4. The van der Waals surface area contributed by atoms with Gasteiger partial charge in [-0.15, -0.1) is 0 Å². The monoisotopic (exact) mass is 707 g/mol. The van der Waals surface area contributed by atoms with Crippen LogP contribution in [-0.2, 0) is 13.6 Å². The van der Waals surface area contributed by atoms with Crippen molar-refractivity contribution < 1.29 is 27.8 Å². The van der Waals surface area contributed by atoms with E-state index in [0.717, 1.165) is 16.5 Å². The third-order valence-electron chi connectivity index (χ3n) is 8.40. The van der Waals surface area contributed by atoms with Gasteiger partial charge in [-0.3, -0.25) is 14.5 Å². The highest BCUT2D eigenvalue weighted by Gasteiger charge is 2.25. The molecule has 6 rings (SSSR count). The summed E-state index contributed by atoms with van der Waals surface area (Å²) in [6.07, 6.45) is -0.962. The van der Waals surface area contributed by atoms with Gasteiger partial charge in [0.25, 0.3) is 18.2 Å². The van der Waals surface area contributed by atoms with E-state index >= 15 is 0 Å². The molecule has 13 heteroatoms. The van der Waals surface area contributed by atoms with Gasteiger partial charge in [0.2, 0.25) is 5.88 Å². The summed E-state index contributed by atoms with van der Waals surface area (Å²) in [6, 6.07) is 22.8. The Labute approximate surface area is 292 Å². The maximum Gasteiger partial charge on any atom is 0.272 e. The van der Waals surface area contributed by atoms with Gasteiger partial charge >= 0.3 is 0 Å². The van der Waals surface area contributed by atoms with E-state index in [9.17, 15) is 18.4 Å². The van der Waals surface area contributed by atoms with Gasteiger partial charge in [-0.2, -0.15) is 0 Å². The van der Waals surface area contributed by atoms with Gasteiger partial charge in [0.15, 0.2) is 0 Å². The minimum atomic E-state index is -2.51. The first-order valence-corrected chi connectivity index (χ1v) is 16.3. The van der Waals surface area contributed by atoms with Crippen LogP contribution in [-0.4, -0.2) is 77.4 Å². The number of amides is 2. The molecule has 9 nitrogen and oxygen atoms in total. The third-order valence-corrected chi connectivity index (χ3v) is 9.14. The van der Waals surface area contributed by atoms with Crippen molar-refractivity contribution in [2.24, 2.45) is 7.05 Å². The van der Waals surface area contributed by atoms with E-state index in [1.54, 1.807) is 49.6 Å². The number of hydrogen-bond donors (Lipinski definition) is 0. The molecule has 0 N–H and O–H groups in total. The Hall–Kier alpha value is -4.71. The van der Waals surface area contributed by atoms with Gasteiger partial charge in [-0.25, -0.2) is 13.8 Å². The number of carbonyl (C=O) groups is 2. The molecular formula is C36H33Cl2F2N5O4. The van der Waals surface area contributed by atoms with Gasteiger partial charge < -0.3 is 23.8 Å². The number of hydrogen-bond acceptors (Lipinski definition) is 6. The van der Waals surface area contributed by atoms with Crippen molar-refractivity contribution in [3.63, 3.8) is 0 Å². The van der Waals surface area contributed by atoms with Gasteiger partial charge in [0.05, 0.1) is 27.4 Å². The van der Waals surface area contributed by atoms with E-state index in [1.807, 2.05) is 52.9 Å². The zero-order valence-corrected chi connectivity index (χ0v) is 28.3. The molecule has 5 aromatic rings. The van der Waals surface area contributed by atoms with Gasteiger partial charge in [0, 0.05) is 69.9 Å². The Morgan fingerprint density at radius 2 is 1.63 bits per heavy atom. The summed E-state index contributed by atoms with van der Waals surface area (Å²) in [6.45, 7) is 2.66. The van der Waals surface area contributed by atoms with Crippen molar-refractivity contribution in [3.8, 4) is 17.4 Å². The Bertz CT molecular complexity index is 1960. The van der Waals surface area contributed by atoms with Gasteiger partial charge in [-0.1, -0.05) is 35.3 Å². The lowest BCUT2D eigenvalue weighted by Gasteiger charge is -2.34. The maximum atomic E-state index is 13.6. The molecule has 0 spiro atoms. The highest BCUT2D eigenvalue weighted by atomic mass is 35.5. The van der Waals surface area contributed by atoms with Crippen LogP contribution < -0.4 is 14.4 Å². The molecule has 3 aromatic carbocycles. The van der Waals surface area contributed by atoms with E-state index in [4.69, 9.17) is 32.7 Å². The van der Waals surface area contributed by atoms with Crippen molar-refractivity contribution in [1.29, 1.82) is 0 Å². The van der Waals surface area contributed by atoms with Crippen LogP contribution in [0.4, 0.5) is 14.5 Å². The van der Waals surface area contributed by atoms with Crippen LogP contribution in [0.2, 0.25) is 10.0 Å². The van der Waals surface area contributed by atoms with Crippen molar-refractivity contribution in [3.05, 3.63) is 112 Å². The Morgan fingerprint density at radius 1 is 0.898 bits per heavy atom. The van der Waals surface area contributed by atoms with Gasteiger partial charge in [-0.05, 0) is 60.2 Å². The molecule has 0 atom stereocenters. The number of nitrogens with zero attached hydrogens (tertiary/aromatic N) is 5. The molecule has 1 saturated heterocycles. The number of carbonyl (C=O) groups excluding carboxylic acids is 2. The Morgan fingerprint density at radius 3 is 2.31 bits per heavy atom. The van der Waals surface area contributed by atoms with Crippen LogP contribution >= 0.6 is 23.2 Å². The second-order valence-corrected chi connectivity index (χ2v) is 12.5. The molecule has 0 bridgehead atoms. The lowest BCUT2D eigenvalue weighted by molar-refractivity contribution is 0.0619. The van der Waals surface area contributed by atoms with E-state index in [1.165, 1.54) is 11.0 Å². The molecule has 0 radical (unpaired) electrons. The van der Waals surface area contributed by atoms with E-state index in [0.29, 0.717) is 77.1 Å². The summed E-state index contributed by atoms with van der Waals surface area (Å²) >= 11 is 12.1. The maximum absolute atomic E-state index is 13.6. The van der Waals surface area contributed by atoms with Crippen LogP contribution in [0.5, 0.6) is 17.4 Å². The average Bonchev–Trinajstić information content (AvgIpc) is 3.44. The predicted octanol–water partition coefficient (Wildman–Crippen LogP) is 7.55. The van der Waals surface area contributed by atoms with Crippen LogP contribution in [0, 0.1) is 0 Å². The first-order valence-electron chi connectivity index (χ1n) is 15.5. The number of rotatable bonds is 10. The summed E-state index contributed by atoms with van der Waals surface area (Å²) in [5, 5.41) is 1.58. The zero-order valence-electron chi connectivity index (χ0n) is 26.8. The molecule has 2 amide bonds. The Balaban J connectivity index is 1.05. The first kappa shape index (κ1) is 34.2. The van der Waals surface area contributed by atoms with Crippen LogP contribution in [0.25, 0.3) is 10.9 Å². The first-order chi connectivity index (χ1) is 23.5. The number of fused-ring (bicyclic) bond motifs is 1. The summed E-state index contributed by atoms with van der Waals surface area (Å²) < 4.78 is 37.7. The molecule has 0 saturated carbocycles. The summed E-state index contributed by atoms with van der Waals surface area (Å²) in [4.78, 5) is 36.5. The predicted molar refractivity (Wildman–Crippen MR) is 186 cm³/mol. The smallest absolute Gasteiger partial charge is 0.272 e. The normalized spacial score (nSPS) is 13.6. The number of ether oxygens (including phenoxy) is 2. The van der Waals surface area contributed by atoms with Gasteiger partial charge in [0.1, 0.15) is 23.8 Å². The van der Waals surface area contributed by atoms with E-state index in [-0.39, 0.29) is 11.8 Å². The van der Waals surface area contributed by atoms with E-state index in [2.05, 4.69) is 9.88 Å². The Kier molecular flexibility index (Phi) is 10.3. The highest BCUT2D eigenvalue weighted by Crippen LogP contribution is 2.29. The molecule has 1 aliphatic rings. The fraction of sp³-hybridized carbons (Fsp3) is 0.250. The molecule has 0 unspecified atom stereocenters. The number of piperazine rings is 1. The fourth-order valence-electron chi connectivity index (χ4n) is 5.65. The summed E-state index contributed by atoms with van der Waals surface area (Å²) in [5.74, 6) is 1.01. The largest absolute Gasteiger partial charge is 0.488 e. The number of aryl methyl sites for hydroxylation is 1. The van der Waals surface area contributed by atoms with Crippen molar-refractivity contribution in [2.45, 2.75) is 13.0 Å². The average molecular weight is 709 g/mol. The molecule has 2 aromatic heterocycles. The molecule has 1 fully saturated rings. The molecule has 1 aliphatic heterocycles. The molecule has 254 valence electrons. The SMILES string of the molecule is CN(C(=O)c1ccc(Cl)c(Cl)c1)c1ccc(Oc2ccc3cc(C(=O)N4CCN(Cc5ccc(OCC(F)F)cc5)CC4)n(C)c3c2)nc1. The lowest BCUT2D eigenvalue weighted by atomic mass is 10.2. The van der Waals surface area contributed by atoms with Crippen LogP contribution in [0.1, 0.15) is 26.4 Å². The number of pyridine rings is 1. The van der Waals surface area contributed by atoms with Crippen molar-refractivity contribution >= 4 is 51.6 Å². The fourth-order valence-corrected chi connectivity index (χ4v) is 5.95. The topological polar surface area (TPSA) is 80.1 Å². The number of aromatic nitrogens is 2. The van der Waals surface area contributed by atoms with Crippen molar-refractivity contribution in [1.82, 2.24) is 19.4 Å². The highest BCUT2D eigenvalue weighted by molar-refractivity contribution is 6.42. The minimum Gasteiger partial charge on any atom is -0.488 e. The molecule has 0 aliphatic carbocycles. The van der Waals surface area contributed by atoms with Crippen LogP contribution in [0.3, 0.4) is 0 Å². The quantitative estimate of drug-likeness (QED) is 0.149. The number of benzene rings is 3. The second kappa shape index (κ2) is 14.8. The molecular weight excluding hydrogens is 675 g/mol. The second-order valence-electron chi connectivity index (χ2n) is 11.7. The standard InChI is InChI=1S/C36H33Cl2F2N5O4/c1-42(35(46)25-6-11-29(37)30(38)17-25)26-7-12-34(41-20-26)49-28-10-5-24-18-32(43(2)31(24)19-28)36(47)45-15-13-44(14-16-45)21-23-3-8-27(9-4-23)48-22-33(39)40/h3-12,17-20,33H,13-16,21-22H2,1-2H3. The molecule has 3 heterocycles. The number of anilines is 1.